The van der Waals surface area contributed by atoms with Crippen LogP contribution in [0.1, 0.15) is 29.7 Å². The number of benzene rings is 3. The second kappa shape index (κ2) is 12.4. The highest BCUT2D eigenvalue weighted by atomic mass is 127. The Labute approximate surface area is 262 Å². The second-order valence-electron chi connectivity index (χ2n) is 9.17. The van der Waals surface area contributed by atoms with Gasteiger partial charge in [0.2, 0.25) is 5.75 Å². The van der Waals surface area contributed by atoms with Crippen LogP contribution in [0.25, 0.3) is 11.8 Å². The summed E-state index contributed by atoms with van der Waals surface area (Å²) in [6, 6.07) is 16.0. The summed E-state index contributed by atoms with van der Waals surface area (Å²) in [4.78, 5) is 43.6. The Morgan fingerprint density at radius 2 is 1.86 bits per heavy atom. The summed E-state index contributed by atoms with van der Waals surface area (Å²) in [5, 5.41) is 21.6. The smallest absolute Gasteiger partial charge is 0.338 e. The number of phenolic OH excluding ortho intramolecular Hbond substituents is 1. The molecule has 2 heterocycles. The minimum absolute atomic E-state index is 0.103. The van der Waals surface area contributed by atoms with E-state index < -0.39 is 33.9 Å². The first kappa shape index (κ1) is 30.0. The maximum atomic E-state index is 14.1. The van der Waals surface area contributed by atoms with Crippen LogP contribution in [0.5, 0.6) is 17.2 Å². The van der Waals surface area contributed by atoms with E-state index in [0.29, 0.717) is 38.7 Å². The third-order valence-corrected chi connectivity index (χ3v) is 8.46. The molecule has 1 aliphatic rings. The van der Waals surface area contributed by atoms with Gasteiger partial charge in [0.15, 0.2) is 16.3 Å². The normalized spacial score (nSPS) is 14.6. The van der Waals surface area contributed by atoms with Crippen LogP contribution in [0, 0.1) is 13.7 Å². The van der Waals surface area contributed by atoms with Crippen LogP contribution in [0.3, 0.4) is 0 Å². The van der Waals surface area contributed by atoms with E-state index in [2.05, 4.69) is 0 Å². The van der Waals surface area contributed by atoms with Gasteiger partial charge in [0.1, 0.15) is 0 Å². The van der Waals surface area contributed by atoms with Gasteiger partial charge in [0.25, 0.3) is 5.56 Å². The van der Waals surface area contributed by atoms with Crippen molar-refractivity contribution in [1.82, 2.24) is 4.57 Å². The fraction of sp³-hybridized carbons (Fsp3) is 0.167. The zero-order chi connectivity index (χ0) is 30.8. The summed E-state index contributed by atoms with van der Waals surface area (Å²) in [5.74, 6) is -0.228. The molecule has 5 rings (SSSR count). The zero-order valence-electron chi connectivity index (χ0n) is 23.1. The minimum Gasteiger partial charge on any atom is -0.501 e. The van der Waals surface area contributed by atoms with Crippen LogP contribution in [0.15, 0.2) is 76.0 Å². The number of carbonyl (C=O) groups excluding carboxylic acids is 1. The Kier molecular flexibility index (Phi) is 8.64. The molecule has 1 atom stereocenters. The van der Waals surface area contributed by atoms with Crippen LogP contribution in [0.4, 0.5) is 5.69 Å². The number of nitro benzene ring substituents is 1. The summed E-state index contributed by atoms with van der Waals surface area (Å²) in [5.41, 5.74) is 1.10. The van der Waals surface area contributed by atoms with Crippen molar-refractivity contribution in [3.63, 3.8) is 0 Å². The number of nitrogens with zero attached hydrogens (tertiary/aromatic N) is 3. The molecule has 4 aromatic rings. The summed E-state index contributed by atoms with van der Waals surface area (Å²) in [6.07, 6.45) is 1.50. The number of aromatic nitrogens is 1. The highest BCUT2D eigenvalue weighted by Gasteiger charge is 2.35. The summed E-state index contributed by atoms with van der Waals surface area (Å²) < 4.78 is 18.3. The highest BCUT2D eigenvalue weighted by molar-refractivity contribution is 14.1. The Morgan fingerprint density at radius 1 is 1.14 bits per heavy atom. The average molecular weight is 714 g/mol. The quantitative estimate of drug-likeness (QED) is 0.124. The van der Waals surface area contributed by atoms with Crippen LogP contribution in [-0.4, -0.2) is 41.4 Å². The first-order chi connectivity index (χ1) is 20.7. The molecule has 0 bridgehead atoms. The van der Waals surface area contributed by atoms with Crippen molar-refractivity contribution in [3.8, 4) is 17.2 Å². The number of ether oxygens (including phenoxy) is 3. The summed E-state index contributed by atoms with van der Waals surface area (Å²) in [7, 11) is 3.00. The number of hydrogen-bond acceptors (Lipinski definition) is 10. The topological polar surface area (TPSA) is 142 Å². The lowest BCUT2D eigenvalue weighted by molar-refractivity contribution is -0.386. The Bertz CT molecular complexity index is 1970. The fourth-order valence-corrected chi connectivity index (χ4v) is 6.39. The number of thiazole rings is 1. The highest BCUT2D eigenvalue weighted by Crippen LogP contribution is 2.38. The maximum absolute atomic E-state index is 14.1. The van der Waals surface area contributed by atoms with Crippen LogP contribution in [-0.2, 0) is 9.53 Å². The predicted octanol–water partition coefficient (Wildman–Crippen LogP) is 4.17. The van der Waals surface area contributed by atoms with E-state index in [4.69, 9.17) is 19.2 Å². The molecule has 11 nitrogen and oxygen atoms in total. The molecule has 13 heteroatoms. The van der Waals surface area contributed by atoms with Gasteiger partial charge in [-0.05, 0) is 64.9 Å². The SMILES string of the molecule is CCOC(=O)C1=C(c2ccccc2)N=c2s/c(=C\c3cc(I)c(O)c([N+](=O)[O-])c3)c(=O)n2[C@H]1c1ccc(OC)c(OC)c1. The largest absolute Gasteiger partial charge is 0.501 e. The molecule has 0 spiro atoms. The van der Waals surface area contributed by atoms with Crippen molar-refractivity contribution in [3.05, 3.63) is 116 Å². The van der Waals surface area contributed by atoms with E-state index in [-0.39, 0.29) is 20.3 Å². The number of methoxy groups -OCH3 is 2. The first-order valence-electron chi connectivity index (χ1n) is 12.9. The van der Waals surface area contributed by atoms with Crippen LogP contribution in [0.2, 0.25) is 0 Å². The number of phenols is 1. The fourth-order valence-electron chi connectivity index (χ4n) is 4.76. The van der Waals surface area contributed by atoms with Crippen LogP contribution >= 0.6 is 33.9 Å². The number of hydrogen-bond donors (Lipinski definition) is 1. The lowest BCUT2D eigenvalue weighted by Crippen LogP contribution is -2.40. The van der Waals surface area contributed by atoms with Gasteiger partial charge < -0.3 is 19.3 Å². The van der Waals surface area contributed by atoms with Gasteiger partial charge >= 0.3 is 11.7 Å². The molecule has 0 saturated heterocycles. The molecule has 43 heavy (non-hydrogen) atoms. The number of fused-ring (bicyclic) bond motifs is 1. The number of aromatic hydroxyl groups is 1. The first-order valence-corrected chi connectivity index (χ1v) is 14.7. The molecule has 0 saturated carbocycles. The molecule has 0 aliphatic carbocycles. The molecule has 3 aromatic carbocycles. The summed E-state index contributed by atoms with van der Waals surface area (Å²) in [6.45, 7) is 1.80. The second-order valence-corrected chi connectivity index (χ2v) is 11.3. The molecular weight excluding hydrogens is 689 g/mol. The van der Waals surface area contributed by atoms with E-state index in [1.807, 2.05) is 30.3 Å². The molecule has 1 aromatic heterocycles. The van der Waals surface area contributed by atoms with Crippen molar-refractivity contribution >= 4 is 57.4 Å². The monoisotopic (exact) mass is 713 g/mol. The lowest BCUT2D eigenvalue weighted by Gasteiger charge is -2.26. The molecule has 0 radical (unpaired) electrons. The Balaban J connectivity index is 1.84. The molecule has 0 fully saturated rings. The molecule has 1 aliphatic heterocycles. The minimum atomic E-state index is -0.957. The van der Waals surface area contributed by atoms with E-state index in [1.165, 1.54) is 37.0 Å². The Morgan fingerprint density at radius 3 is 2.51 bits per heavy atom. The van der Waals surface area contributed by atoms with Crippen molar-refractivity contribution in [2.75, 3.05) is 20.8 Å². The van der Waals surface area contributed by atoms with Crippen molar-refractivity contribution in [1.29, 1.82) is 0 Å². The van der Waals surface area contributed by atoms with Gasteiger partial charge in [0.05, 0.1) is 51.2 Å². The number of rotatable bonds is 8. The molecule has 0 amide bonds. The van der Waals surface area contributed by atoms with Gasteiger partial charge in [-0.15, -0.1) is 0 Å². The number of carbonyl (C=O) groups is 1. The van der Waals surface area contributed by atoms with Crippen molar-refractivity contribution < 1.29 is 29.0 Å². The molecular formula is C30H24IN3O8S. The predicted molar refractivity (Wildman–Crippen MR) is 168 cm³/mol. The van der Waals surface area contributed by atoms with E-state index in [1.54, 1.807) is 47.7 Å². The lowest BCUT2D eigenvalue weighted by atomic mass is 9.93. The number of halogens is 1. The molecule has 0 unspecified atom stereocenters. The van der Waals surface area contributed by atoms with Gasteiger partial charge in [-0.2, -0.15) is 0 Å². The third kappa shape index (κ3) is 5.64. The van der Waals surface area contributed by atoms with Crippen molar-refractivity contribution in [2.45, 2.75) is 13.0 Å². The molecule has 1 N–H and O–H groups in total. The van der Waals surface area contributed by atoms with E-state index in [9.17, 15) is 24.8 Å². The summed E-state index contributed by atoms with van der Waals surface area (Å²) >= 11 is 2.87. The average Bonchev–Trinajstić information content (AvgIpc) is 3.32. The zero-order valence-corrected chi connectivity index (χ0v) is 26.0. The standard InChI is InChI=1S/C30H24IN3O8S/c1-4-42-29(37)24-25(17-8-6-5-7-9-17)32-30-33(26(24)18-10-11-21(40-2)22(15-18)41-3)28(36)23(43-30)14-16-12-19(31)27(35)20(13-16)34(38)39/h5-15,26,35H,4H2,1-3H3/b23-14-/t26-/m0/s1. The Hall–Kier alpha value is -4.50. The van der Waals surface area contributed by atoms with E-state index in [0.717, 1.165) is 11.3 Å². The van der Waals surface area contributed by atoms with Gasteiger partial charge in [-0.1, -0.05) is 47.7 Å². The van der Waals surface area contributed by atoms with Gasteiger partial charge in [-0.3, -0.25) is 19.5 Å². The van der Waals surface area contributed by atoms with Gasteiger partial charge in [-0.25, -0.2) is 9.79 Å². The van der Waals surface area contributed by atoms with E-state index >= 15 is 0 Å². The van der Waals surface area contributed by atoms with Crippen LogP contribution < -0.4 is 24.4 Å². The number of nitro groups is 1. The van der Waals surface area contributed by atoms with Gasteiger partial charge in [0, 0.05) is 11.6 Å². The molecule has 220 valence electrons. The van der Waals surface area contributed by atoms with Crippen molar-refractivity contribution in [2.24, 2.45) is 4.99 Å². The third-order valence-electron chi connectivity index (χ3n) is 6.66. The maximum Gasteiger partial charge on any atom is 0.338 e. The number of esters is 1.